The van der Waals surface area contributed by atoms with Gasteiger partial charge < -0.3 is 20.3 Å². The molecule has 1 unspecified atom stereocenters. The largest absolute Gasteiger partial charge is 0.379 e. The summed E-state index contributed by atoms with van der Waals surface area (Å²) in [4.78, 5) is 25.5. The minimum Gasteiger partial charge on any atom is -0.379 e. The van der Waals surface area contributed by atoms with Gasteiger partial charge in [0.25, 0.3) is 0 Å². The van der Waals surface area contributed by atoms with Gasteiger partial charge in [-0.3, -0.25) is 9.59 Å². The Kier molecular flexibility index (Phi) is 4.19. The number of hydrogen-bond acceptors (Lipinski definition) is 4. The Bertz CT molecular complexity index is 321. The summed E-state index contributed by atoms with van der Waals surface area (Å²) in [6.45, 7) is 5.83. The fourth-order valence-electron chi connectivity index (χ4n) is 2.37. The highest BCUT2D eigenvalue weighted by atomic mass is 16.5. The van der Waals surface area contributed by atoms with Crippen molar-refractivity contribution in [1.29, 1.82) is 0 Å². The van der Waals surface area contributed by atoms with E-state index in [1.807, 2.05) is 6.92 Å². The minimum atomic E-state index is -0.509. The lowest BCUT2D eigenvalue weighted by Gasteiger charge is -2.35. The van der Waals surface area contributed by atoms with Crippen LogP contribution in [0.3, 0.4) is 0 Å². The lowest BCUT2D eigenvalue weighted by Crippen LogP contribution is -2.57. The summed E-state index contributed by atoms with van der Waals surface area (Å²) in [6.07, 6.45) is 1.77. The van der Waals surface area contributed by atoms with E-state index in [9.17, 15) is 9.59 Å². The molecule has 2 amide bonds. The first-order valence-electron chi connectivity index (χ1n) is 6.51. The zero-order valence-electron chi connectivity index (χ0n) is 10.8. The van der Waals surface area contributed by atoms with Gasteiger partial charge >= 0.3 is 11.8 Å². The van der Waals surface area contributed by atoms with Crippen LogP contribution in [0.25, 0.3) is 0 Å². The fraction of sp³-hybridized carbons (Fsp3) is 0.833. The summed E-state index contributed by atoms with van der Waals surface area (Å²) in [6, 6.07) is 0. The molecule has 0 aromatic rings. The summed E-state index contributed by atoms with van der Waals surface area (Å²) in [5.74, 6) is -0.937. The molecule has 6 nitrogen and oxygen atoms in total. The van der Waals surface area contributed by atoms with Crippen LogP contribution >= 0.6 is 0 Å². The Morgan fingerprint density at radius 1 is 1.33 bits per heavy atom. The molecular weight excluding hydrogens is 234 g/mol. The van der Waals surface area contributed by atoms with E-state index in [0.29, 0.717) is 19.7 Å². The number of piperazine rings is 1. The first-order valence-corrected chi connectivity index (χ1v) is 6.51. The number of carbonyl (C=O) groups excluding carboxylic acids is 2. The Hall–Kier alpha value is -1.14. The van der Waals surface area contributed by atoms with Crippen molar-refractivity contribution in [2.45, 2.75) is 25.3 Å². The molecule has 102 valence electrons. The molecule has 0 spiro atoms. The molecule has 2 rings (SSSR count). The van der Waals surface area contributed by atoms with Crippen molar-refractivity contribution in [2.75, 3.05) is 39.4 Å². The van der Waals surface area contributed by atoms with Gasteiger partial charge in [0, 0.05) is 32.8 Å². The number of nitrogens with zero attached hydrogens (tertiary/aromatic N) is 1. The zero-order valence-corrected chi connectivity index (χ0v) is 10.8. The van der Waals surface area contributed by atoms with Crippen LogP contribution in [0.2, 0.25) is 0 Å². The third-order valence-corrected chi connectivity index (χ3v) is 3.45. The molecule has 0 radical (unpaired) electrons. The van der Waals surface area contributed by atoms with Crippen molar-refractivity contribution in [2.24, 2.45) is 0 Å². The predicted octanol–water partition coefficient (Wildman–Crippen LogP) is -0.896. The van der Waals surface area contributed by atoms with Gasteiger partial charge in [-0.15, -0.1) is 0 Å². The second kappa shape index (κ2) is 5.67. The maximum Gasteiger partial charge on any atom is 0.311 e. The van der Waals surface area contributed by atoms with Crippen molar-refractivity contribution in [3.63, 3.8) is 0 Å². The summed E-state index contributed by atoms with van der Waals surface area (Å²) in [5.41, 5.74) is -0.404. The number of ether oxygens (including phenoxy) is 1. The molecule has 18 heavy (non-hydrogen) atoms. The highest BCUT2D eigenvalue weighted by Gasteiger charge is 2.33. The van der Waals surface area contributed by atoms with Gasteiger partial charge in [0.15, 0.2) is 0 Å². The van der Waals surface area contributed by atoms with Crippen LogP contribution in [0.15, 0.2) is 0 Å². The molecule has 2 aliphatic heterocycles. The Labute approximate surface area is 107 Å². The van der Waals surface area contributed by atoms with Crippen molar-refractivity contribution >= 4 is 11.8 Å². The molecule has 6 heteroatoms. The number of carbonyl (C=O) groups is 2. The molecule has 0 aromatic carbocycles. The lowest BCUT2D eigenvalue weighted by atomic mass is 9.95. The van der Waals surface area contributed by atoms with Gasteiger partial charge in [0.05, 0.1) is 12.1 Å². The van der Waals surface area contributed by atoms with E-state index in [1.165, 1.54) is 0 Å². The van der Waals surface area contributed by atoms with Gasteiger partial charge in [-0.05, 0) is 19.8 Å². The standard InChI is InChI=1S/C12H21N3O3/c1-12(3-2-8-18-9-12)14-10(16)11(17)15-6-4-13-5-7-15/h13H,2-9H2,1H3,(H,14,16). The maximum absolute atomic E-state index is 12.0. The van der Waals surface area contributed by atoms with Crippen molar-refractivity contribution in [3.05, 3.63) is 0 Å². The summed E-state index contributed by atoms with van der Waals surface area (Å²) < 4.78 is 5.36. The van der Waals surface area contributed by atoms with Gasteiger partial charge in [-0.25, -0.2) is 0 Å². The van der Waals surface area contributed by atoms with E-state index in [0.717, 1.165) is 32.5 Å². The van der Waals surface area contributed by atoms with Gasteiger partial charge in [0.1, 0.15) is 0 Å². The summed E-state index contributed by atoms with van der Waals surface area (Å²) in [7, 11) is 0. The van der Waals surface area contributed by atoms with Crippen LogP contribution in [-0.4, -0.2) is 61.6 Å². The van der Waals surface area contributed by atoms with Crippen LogP contribution in [-0.2, 0) is 14.3 Å². The van der Waals surface area contributed by atoms with E-state index in [1.54, 1.807) is 4.90 Å². The smallest absolute Gasteiger partial charge is 0.311 e. The lowest BCUT2D eigenvalue weighted by molar-refractivity contribution is -0.148. The molecule has 0 aliphatic carbocycles. The monoisotopic (exact) mass is 255 g/mol. The third kappa shape index (κ3) is 3.20. The molecule has 2 heterocycles. The summed E-state index contributed by atoms with van der Waals surface area (Å²) >= 11 is 0. The molecule has 2 N–H and O–H groups in total. The van der Waals surface area contributed by atoms with Crippen LogP contribution < -0.4 is 10.6 Å². The molecule has 2 fully saturated rings. The second-order valence-corrected chi connectivity index (χ2v) is 5.21. The number of rotatable bonds is 1. The molecule has 1 atom stereocenters. The molecular formula is C12H21N3O3. The molecule has 0 bridgehead atoms. The SMILES string of the molecule is CC1(NC(=O)C(=O)N2CCNCC2)CCCOC1. The van der Waals surface area contributed by atoms with E-state index in [2.05, 4.69) is 10.6 Å². The molecule has 0 saturated carbocycles. The maximum atomic E-state index is 12.0. The van der Waals surface area contributed by atoms with E-state index in [-0.39, 0.29) is 0 Å². The van der Waals surface area contributed by atoms with Crippen molar-refractivity contribution in [3.8, 4) is 0 Å². The third-order valence-electron chi connectivity index (χ3n) is 3.45. The average Bonchev–Trinajstić information content (AvgIpc) is 2.39. The van der Waals surface area contributed by atoms with Crippen LogP contribution in [0.4, 0.5) is 0 Å². The van der Waals surface area contributed by atoms with E-state index < -0.39 is 17.4 Å². The Morgan fingerprint density at radius 3 is 2.67 bits per heavy atom. The highest BCUT2D eigenvalue weighted by molar-refractivity contribution is 6.35. The van der Waals surface area contributed by atoms with Crippen molar-refractivity contribution < 1.29 is 14.3 Å². The second-order valence-electron chi connectivity index (χ2n) is 5.21. The predicted molar refractivity (Wildman–Crippen MR) is 66.1 cm³/mol. The first-order chi connectivity index (χ1) is 8.61. The van der Waals surface area contributed by atoms with Gasteiger partial charge in [-0.2, -0.15) is 0 Å². The van der Waals surface area contributed by atoms with Crippen LogP contribution in [0.1, 0.15) is 19.8 Å². The number of hydrogen-bond donors (Lipinski definition) is 2. The first kappa shape index (κ1) is 13.3. The zero-order chi connectivity index (χ0) is 13.0. The number of amides is 2. The van der Waals surface area contributed by atoms with Crippen LogP contribution in [0, 0.1) is 0 Å². The van der Waals surface area contributed by atoms with E-state index in [4.69, 9.17) is 4.74 Å². The van der Waals surface area contributed by atoms with Gasteiger partial charge in [0.2, 0.25) is 0 Å². The minimum absolute atomic E-state index is 0.404. The van der Waals surface area contributed by atoms with Crippen LogP contribution in [0.5, 0.6) is 0 Å². The normalized spacial score (nSPS) is 28.8. The van der Waals surface area contributed by atoms with Crippen molar-refractivity contribution in [1.82, 2.24) is 15.5 Å². The highest BCUT2D eigenvalue weighted by Crippen LogP contribution is 2.18. The Morgan fingerprint density at radius 2 is 2.06 bits per heavy atom. The molecule has 2 saturated heterocycles. The molecule has 0 aromatic heterocycles. The number of nitrogens with one attached hydrogen (secondary N) is 2. The summed E-state index contributed by atoms with van der Waals surface area (Å²) in [5, 5.41) is 5.97. The average molecular weight is 255 g/mol. The Balaban J connectivity index is 1.88. The quantitative estimate of drug-likeness (QED) is 0.596. The molecule has 2 aliphatic rings. The van der Waals surface area contributed by atoms with E-state index >= 15 is 0 Å². The van der Waals surface area contributed by atoms with Gasteiger partial charge in [-0.1, -0.05) is 0 Å². The topological polar surface area (TPSA) is 70.7 Å². The fourth-order valence-corrected chi connectivity index (χ4v) is 2.37.